The van der Waals surface area contributed by atoms with Crippen LogP contribution < -0.4 is 15.4 Å². The number of pyridine rings is 1. The Morgan fingerprint density at radius 2 is 1.58 bits per heavy atom. The van der Waals surface area contributed by atoms with E-state index in [4.69, 9.17) is 4.74 Å². The summed E-state index contributed by atoms with van der Waals surface area (Å²) in [4.78, 5) is 13.4. The molecular weight excluding hydrogens is 390 g/mol. The third-order valence-corrected chi connectivity index (χ3v) is 4.70. The van der Waals surface area contributed by atoms with Gasteiger partial charge in [-0.05, 0) is 48.5 Å². The van der Waals surface area contributed by atoms with Gasteiger partial charge in [0.05, 0.1) is 24.4 Å². The van der Waals surface area contributed by atoms with Crippen molar-refractivity contribution >= 4 is 34.0 Å². The second-order valence-corrected chi connectivity index (χ2v) is 6.74. The number of hydrogen-bond donors (Lipinski definition) is 2. The molecule has 0 aliphatic rings. The molecule has 31 heavy (non-hydrogen) atoms. The van der Waals surface area contributed by atoms with Gasteiger partial charge < -0.3 is 15.4 Å². The van der Waals surface area contributed by atoms with E-state index >= 15 is 0 Å². The average molecular weight is 409 g/mol. The molecule has 0 saturated carbocycles. The topological polar surface area (TPSA) is 89.8 Å². The van der Waals surface area contributed by atoms with Crippen LogP contribution in [0.2, 0.25) is 0 Å². The first-order valence-corrected chi connectivity index (χ1v) is 9.69. The van der Waals surface area contributed by atoms with Gasteiger partial charge in [-0.15, -0.1) is 0 Å². The predicted molar refractivity (Wildman–Crippen MR) is 120 cm³/mol. The minimum atomic E-state index is 0.482. The van der Waals surface area contributed by atoms with Crippen LogP contribution in [0.15, 0.2) is 85.3 Å². The summed E-state index contributed by atoms with van der Waals surface area (Å²) in [5, 5.41) is 11.8. The van der Waals surface area contributed by atoms with Gasteiger partial charge in [0.15, 0.2) is 11.5 Å². The Morgan fingerprint density at radius 3 is 2.35 bits per heavy atom. The van der Waals surface area contributed by atoms with Crippen LogP contribution in [0.25, 0.3) is 16.9 Å². The molecule has 3 heterocycles. The molecule has 5 aromatic rings. The van der Waals surface area contributed by atoms with Crippen LogP contribution in [0.5, 0.6) is 5.75 Å². The molecule has 0 aliphatic carbocycles. The van der Waals surface area contributed by atoms with E-state index in [1.165, 1.54) is 0 Å². The van der Waals surface area contributed by atoms with E-state index in [2.05, 4.69) is 30.7 Å². The van der Waals surface area contributed by atoms with Crippen LogP contribution in [0.3, 0.4) is 0 Å². The Balaban J connectivity index is 1.36. The second-order valence-electron chi connectivity index (χ2n) is 6.74. The summed E-state index contributed by atoms with van der Waals surface area (Å²) >= 11 is 0. The molecule has 0 unspecified atom stereocenters. The van der Waals surface area contributed by atoms with Crippen molar-refractivity contribution in [1.82, 2.24) is 24.7 Å². The Hall–Kier alpha value is -4.46. The minimum Gasteiger partial charge on any atom is -0.495 e. The van der Waals surface area contributed by atoms with E-state index < -0.39 is 0 Å². The Kier molecular flexibility index (Phi) is 4.86. The van der Waals surface area contributed by atoms with E-state index in [0.29, 0.717) is 17.4 Å². The van der Waals surface area contributed by atoms with Crippen molar-refractivity contribution in [3.05, 3.63) is 85.3 Å². The Morgan fingerprint density at radius 1 is 0.806 bits per heavy atom. The van der Waals surface area contributed by atoms with Crippen LogP contribution in [0, 0.1) is 0 Å². The number of benzene rings is 2. The number of aromatic nitrogens is 5. The highest BCUT2D eigenvalue weighted by Gasteiger charge is 2.09. The number of para-hydroxylation sites is 2. The summed E-state index contributed by atoms with van der Waals surface area (Å²) in [6.07, 6.45) is 5.20. The molecule has 0 amide bonds. The maximum Gasteiger partial charge on any atom is 0.229 e. The normalized spacial score (nSPS) is 10.7. The number of ether oxygens (including phenoxy) is 1. The minimum absolute atomic E-state index is 0.482. The van der Waals surface area contributed by atoms with Crippen molar-refractivity contribution in [3.63, 3.8) is 0 Å². The van der Waals surface area contributed by atoms with Crippen LogP contribution in [0.1, 0.15) is 0 Å². The Bertz CT molecular complexity index is 1320. The average Bonchev–Trinajstić information content (AvgIpc) is 3.25. The van der Waals surface area contributed by atoms with Crippen molar-refractivity contribution in [1.29, 1.82) is 0 Å². The predicted octanol–water partition coefficient (Wildman–Crippen LogP) is 4.71. The fourth-order valence-corrected chi connectivity index (χ4v) is 3.19. The van der Waals surface area contributed by atoms with Crippen LogP contribution in [-0.2, 0) is 0 Å². The maximum absolute atomic E-state index is 5.39. The zero-order valence-electron chi connectivity index (χ0n) is 16.7. The molecule has 3 aromatic heterocycles. The van der Waals surface area contributed by atoms with Crippen molar-refractivity contribution in [2.45, 2.75) is 0 Å². The molecule has 2 N–H and O–H groups in total. The van der Waals surface area contributed by atoms with Gasteiger partial charge in [0.25, 0.3) is 0 Å². The number of hydrogen-bond acceptors (Lipinski definition) is 7. The summed E-state index contributed by atoms with van der Waals surface area (Å²) in [6, 6.07) is 21.3. The summed E-state index contributed by atoms with van der Waals surface area (Å²) in [5.74, 6) is 1.97. The summed E-state index contributed by atoms with van der Waals surface area (Å²) in [5.41, 5.74) is 3.40. The lowest BCUT2D eigenvalue weighted by molar-refractivity contribution is 0.417. The lowest BCUT2D eigenvalue weighted by Gasteiger charge is -2.11. The number of nitrogens with one attached hydrogen (secondary N) is 2. The van der Waals surface area contributed by atoms with Crippen LogP contribution in [0.4, 0.5) is 23.0 Å². The highest BCUT2D eigenvalue weighted by Crippen LogP contribution is 2.28. The molecule has 5 rings (SSSR count). The Labute approximate surface area is 178 Å². The molecule has 152 valence electrons. The van der Waals surface area contributed by atoms with Gasteiger partial charge in [-0.3, -0.25) is 0 Å². The maximum atomic E-state index is 5.39. The molecule has 0 spiro atoms. The highest BCUT2D eigenvalue weighted by molar-refractivity contribution is 5.77. The third-order valence-electron chi connectivity index (χ3n) is 4.70. The van der Waals surface area contributed by atoms with Crippen molar-refractivity contribution in [3.8, 4) is 11.6 Å². The number of nitrogens with zero attached hydrogens (tertiary/aromatic N) is 5. The van der Waals surface area contributed by atoms with E-state index in [0.717, 1.165) is 28.2 Å². The number of anilines is 4. The summed E-state index contributed by atoms with van der Waals surface area (Å²) in [7, 11) is 1.66. The standard InChI is InChI=1S/C23H19N7O/c1-31-20-7-3-2-6-19(20)27-17-9-11-18(12-10-17)28-23-25-14-16-15-26-30(22(16)29-23)21-8-4-5-13-24-21/h2-15,27H,1H3,(H,25,28,29). The molecule has 0 bridgehead atoms. The first kappa shape index (κ1) is 18.6. The van der Waals surface area contributed by atoms with Gasteiger partial charge in [0, 0.05) is 23.8 Å². The van der Waals surface area contributed by atoms with E-state index in [1.54, 1.807) is 30.4 Å². The SMILES string of the molecule is COc1ccccc1Nc1ccc(Nc2ncc3cnn(-c4ccccn4)c3n2)cc1. The van der Waals surface area contributed by atoms with Gasteiger partial charge in [0.1, 0.15) is 5.75 Å². The van der Waals surface area contributed by atoms with Gasteiger partial charge in [0.2, 0.25) is 5.95 Å². The van der Waals surface area contributed by atoms with Crippen molar-refractivity contribution < 1.29 is 4.74 Å². The van der Waals surface area contributed by atoms with Crippen molar-refractivity contribution in [2.75, 3.05) is 17.7 Å². The first-order valence-electron chi connectivity index (χ1n) is 9.69. The zero-order valence-corrected chi connectivity index (χ0v) is 16.7. The molecule has 0 atom stereocenters. The van der Waals surface area contributed by atoms with E-state index in [1.807, 2.05) is 66.7 Å². The smallest absolute Gasteiger partial charge is 0.229 e. The fourth-order valence-electron chi connectivity index (χ4n) is 3.19. The van der Waals surface area contributed by atoms with Gasteiger partial charge >= 0.3 is 0 Å². The van der Waals surface area contributed by atoms with Crippen molar-refractivity contribution in [2.24, 2.45) is 0 Å². The highest BCUT2D eigenvalue weighted by atomic mass is 16.5. The number of fused-ring (bicyclic) bond motifs is 1. The quantitative estimate of drug-likeness (QED) is 0.420. The van der Waals surface area contributed by atoms with E-state index in [9.17, 15) is 0 Å². The summed E-state index contributed by atoms with van der Waals surface area (Å²) in [6.45, 7) is 0. The molecule has 0 fully saturated rings. The molecular formula is C23H19N7O. The van der Waals surface area contributed by atoms with Gasteiger partial charge in [-0.2, -0.15) is 14.8 Å². The fraction of sp³-hybridized carbons (Fsp3) is 0.0435. The van der Waals surface area contributed by atoms with E-state index in [-0.39, 0.29) is 0 Å². The largest absolute Gasteiger partial charge is 0.495 e. The molecule has 8 heteroatoms. The molecule has 2 aromatic carbocycles. The van der Waals surface area contributed by atoms with Gasteiger partial charge in [-0.25, -0.2) is 9.97 Å². The molecule has 0 radical (unpaired) electrons. The lowest BCUT2D eigenvalue weighted by atomic mass is 10.2. The van der Waals surface area contributed by atoms with Gasteiger partial charge in [-0.1, -0.05) is 18.2 Å². The number of methoxy groups -OCH3 is 1. The molecule has 8 nitrogen and oxygen atoms in total. The molecule has 0 saturated heterocycles. The summed E-state index contributed by atoms with van der Waals surface area (Å²) < 4.78 is 7.08. The second kappa shape index (κ2) is 8.11. The van der Waals surface area contributed by atoms with Crippen LogP contribution >= 0.6 is 0 Å². The van der Waals surface area contributed by atoms with Crippen LogP contribution in [-0.4, -0.2) is 31.8 Å². The molecule has 0 aliphatic heterocycles. The first-order chi connectivity index (χ1) is 15.3. The number of rotatable bonds is 6. The third kappa shape index (κ3) is 3.86. The zero-order chi connectivity index (χ0) is 21.0. The lowest BCUT2D eigenvalue weighted by Crippen LogP contribution is -2.02. The monoisotopic (exact) mass is 409 g/mol.